The highest BCUT2D eigenvalue weighted by Gasteiger charge is 2.32. The van der Waals surface area contributed by atoms with Crippen molar-refractivity contribution >= 4 is 17.5 Å². The Bertz CT molecular complexity index is 693. The van der Waals surface area contributed by atoms with Crippen LogP contribution in [0.1, 0.15) is 36.3 Å². The zero-order chi connectivity index (χ0) is 19.0. The molecule has 0 atom stereocenters. The first kappa shape index (κ1) is 19.0. The summed E-state index contributed by atoms with van der Waals surface area (Å²) in [6, 6.07) is 4.77. The van der Waals surface area contributed by atoms with E-state index in [4.69, 9.17) is 16.3 Å². The lowest BCUT2D eigenvalue weighted by Crippen LogP contribution is -2.62. The van der Waals surface area contributed by atoms with E-state index in [1.807, 2.05) is 11.0 Å². The van der Waals surface area contributed by atoms with E-state index in [-0.39, 0.29) is 5.91 Å². The number of carbonyl (C=O) groups is 1. The minimum absolute atomic E-state index is 0.255. The number of ether oxygens (including phenoxy) is 1. The molecule has 0 aromatic heterocycles. The molecule has 27 heavy (non-hydrogen) atoms. The summed E-state index contributed by atoms with van der Waals surface area (Å²) in [5.74, 6) is 1.65. The van der Waals surface area contributed by atoms with E-state index in [0.29, 0.717) is 24.8 Å². The van der Waals surface area contributed by atoms with Gasteiger partial charge in [-0.1, -0.05) is 17.7 Å². The summed E-state index contributed by atoms with van der Waals surface area (Å²) in [6.45, 7) is 6.02. The lowest BCUT2D eigenvalue weighted by molar-refractivity contribution is -0.133. The summed E-state index contributed by atoms with van der Waals surface area (Å²) in [7, 11) is 3.83. The van der Waals surface area contributed by atoms with E-state index < -0.39 is 0 Å². The summed E-state index contributed by atoms with van der Waals surface area (Å²) in [5, 5.41) is 0.794. The summed E-state index contributed by atoms with van der Waals surface area (Å²) in [5.41, 5.74) is 2.33. The first-order valence-corrected chi connectivity index (χ1v) is 10.5. The molecule has 1 saturated carbocycles. The number of nitrogens with zero attached hydrogens (tertiary/aromatic N) is 3. The van der Waals surface area contributed by atoms with Crippen LogP contribution in [0, 0.1) is 0 Å². The Morgan fingerprint density at radius 1 is 1.19 bits per heavy atom. The van der Waals surface area contributed by atoms with Crippen LogP contribution < -0.4 is 4.74 Å². The van der Waals surface area contributed by atoms with E-state index in [1.54, 1.807) is 7.11 Å². The number of halogens is 1. The highest BCUT2D eigenvalue weighted by atomic mass is 35.5. The number of aryl methyl sites for hydroxylation is 1. The number of methoxy groups -OCH3 is 1. The molecule has 0 spiro atoms. The molecule has 0 bridgehead atoms. The van der Waals surface area contributed by atoms with Gasteiger partial charge in [-0.2, -0.15) is 0 Å². The Balaban J connectivity index is 1.31. The van der Waals surface area contributed by atoms with E-state index in [2.05, 4.69) is 22.9 Å². The second-order valence-electron chi connectivity index (χ2n) is 8.25. The number of hydrogen-bond donors (Lipinski definition) is 0. The Labute approximate surface area is 167 Å². The summed E-state index contributed by atoms with van der Waals surface area (Å²) < 4.78 is 5.51. The lowest BCUT2D eigenvalue weighted by atomic mass is 10.0. The van der Waals surface area contributed by atoms with Crippen molar-refractivity contribution in [3.05, 3.63) is 28.3 Å². The first-order valence-electron chi connectivity index (χ1n) is 10.1. The fourth-order valence-corrected chi connectivity index (χ4v) is 4.65. The summed E-state index contributed by atoms with van der Waals surface area (Å²) in [6.07, 6.45) is 3.68. The lowest BCUT2D eigenvalue weighted by Gasteiger charge is -2.47. The highest BCUT2D eigenvalue weighted by Crippen LogP contribution is 2.45. The van der Waals surface area contributed by atoms with Gasteiger partial charge in [0.2, 0.25) is 5.91 Å². The Morgan fingerprint density at radius 3 is 2.48 bits per heavy atom. The van der Waals surface area contributed by atoms with E-state index in [0.717, 1.165) is 55.6 Å². The maximum atomic E-state index is 12.7. The summed E-state index contributed by atoms with van der Waals surface area (Å²) in [4.78, 5) is 19.6. The van der Waals surface area contributed by atoms with Gasteiger partial charge >= 0.3 is 0 Å². The first-order chi connectivity index (χ1) is 13.0. The van der Waals surface area contributed by atoms with Crippen LogP contribution in [0.2, 0.25) is 5.02 Å². The SMILES string of the molecule is COc1cc(Cl)c(C2CC2)cc1CCC(=O)N1CCN(C2CN(C)C2)CC1. The van der Waals surface area contributed by atoms with Gasteiger partial charge < -0.3 is 14.5 Å². The third-order valence-corrected chi connectivity index (χ3v) is 6.58. The molecule has 6 heteroatoms. The molecule has 2 aliphatic heterocycles. The third kappa shape index (κ3) is 4.25. The zero-order valence-corrected chi connectivity index (χ0v) is 17.2. The molecule has 3 aliphatic rings. The van der Waals surface area contributed by atoms with Crippen molar-refractivity contribution in [2.45, 2.75) is 37.6 Å². The number of rotatable bonds is 6. The van der Waals surface area contributed by atoms with Gasteiger partial charge in [-0.3, -0.25) is 9.69 Å². The normalized spacial score (nSPS) is 22.0. The van der Waals surface area contributed by atoms with Crippen LogP contribution in [-0.4, -0.2) is 80.1 Å². The number of likely N-dealkylation sites (tertiary alicyclic amines) is 1. The van der Waals surface area contributed by atoms with Crippen molar-refractivity contribution in [3.8, 4) is 5.75 Å². The maximum absolute atomic E-state index is 12.7. The zero-order valence-electron chi connectivity index (χ0n) is 16.4. The minimum Gasteiger partial charge on any atom is -0.496 e. The van der Waals surface area contributed by atoms with Gasteiger partial charge in [0.1, 0.15) is 5.75 Å². The van der Waals surface area contributed by atoms with Crippen LogP contribution in [0.25, 0.3) is 0 Å². The maximum Gasteiger partial charge on any atom is 0.222 e. The molecule has 2 heterocycles. The number of piperazine rings is 1. The van der Waals surface area contributed by atoms with Crippen LogP contribution >= 0.6 is 11.6 Å². The van der Waals surface area contributed by atoms with Crippen LogP contribution in [0.4, 0.5) is 0 Å². The number of likely N-dealkylation sites (N-methyl/N-ethyl adjacent to an activating group) is 1. The molecule has 0 N–H and O–H groups in total. The van der Waals surface area contributed by atoms with E-state index >= 15 is 0 Å². The fraction of sp³-hybridized carbons (Fsp3) is 0.667. The molecule has 2 saturated heterocycles. The van der Waals surface area contributed by atoms with Crippen LogP contribution in [0.5, 0.6) is 5.75 Å². The average molecular weight is 392 g/mol. The summed E-state index contributed by atoms with van der Waals surface area (Å²) >= 11 is 6.40. The topological polar surface area (TPSA) is 36.0 Å². The highest BCUT2D eigenvalue weighted by molar-refractivity contribution is 6.31. The molecule has 148 valence electrons. The molecule has 3 fully saturated rings. The standard InChI is InChI=1S/C21H30ClN3O2/c1-23-13-17(14-23)24-7-9-25(10-8-24)21(26)6-5-16-11-18(15-3-4-15)19(22)12-20(16)27-2/h11-12,15,17H,3-10,13-14H2,1-2H3. The molecular formula is C21H30ClN3O2. The second kappa shape index (κ2) is 7.98. The predicted octanol–water partition coefficient (Wildman–Crippen LogP) is 2.62. The van der Waals surface area contributed by atoms with Gasteiger partial charge in [-0.15, -0.1) is 0 Å². The molecule has 4 rings (SSSR count). The molecule has 1 amide bonds. The third-order valence-electron chi connectivity index (χ3n) is 6.25. The van der Waals surface area contributed by atoms with Crippen molar-refractivity contribution in [1.29, 1.82) is 0 Å². The van der Waals surface area contributed by atoms with Crippen LogP contribution in [-0.2, 0) is 11.2 Å². The fourth-order valence-electron chi connectivity index (χ4n) is 4.34. The Hall–Kier alpha value is -1.30. The molecule has 1 aromatic carbocycles. The van der Waals surface area contributed by atoms with Crippen molar-refractivity contribution in [2.75, 3.05) is 53.4 Å². The van der Waals surface area contributed by atoms with Crippen molar-refractivity contribution < 1.29 is 9.53 Å². The predicted molar refractivity (Wildman–Crippen MR) is 108 cm³/mol. The Kier molecular flexibility index (Phi) is 5.62. The number of benzene rings is 1. The molecule has 1 aromatic rings. The van der Waals surface area contributed by atoms with Gasteiger partial charge in [0.25, 0.3) is 0 Å². The van der Waals surface area contributed by atoms with Crippen LogP contribution in [0.15, 0.2) is 12.1 Å². The van der Waals surface area contributed by atoms with Gasteiger partial charge in [0.15, 0.2) is 0 Å². The van der Waals surface area contributed by atoms with Crippen LogP contribution in [0.3, 0.4) is 0 Å². The van der Waals surface area contributed by atoms with Gasteiger partial charge in [-0.25, -0.2) is 0 Å². The van der Waals surface area contributed by atoms with Gasteiger partial charge in [-0.05, 0) is 49.4 Å². The molecule has 5 nitrogen and oxygen atoms in total. The number of carbonyl (C=O) groups excluding carboxylic acids is 1. The van der Waals surface area contributed by atoms with Crippen molar-refractivity contribution in [3.63, 3.8) is 0 Å². The molecule has 0 unspecified atom stereocenters. The largest absolute Gasteiger partial charge is 0.496 e. The monoisotopic (exact) mass is 391 g/mol. The minimum atomic E-state index is 0.255. The van der Waals surface area contributed by atoms with Gasteiger partial charge in [0, 0.05) is 56.8 Å². The molecular weight excluding hydrogens is 362 g/mol. The van der Waals surface area contributed by atoms with Gasteiger partial charge in [0.05, 0.1) is 7.11 Å². The van der Waals surface area contributed by atoms with E-state index in [1.165, 1.54) is 18.4 Å². The number of amides is 1. The van der Waals surface area contributed by atoms with Crippen molar-refractivity contribution in [1.82, 2.24) is 14.7 Å². The second-order valence-corrected chi connectivity index (χ2v) is 8.66. The molecule has 1 aliphatic carbocycles. The number of hydrogen-bond acceptors (Lipinski definition) is 4. The molecule has 0 radical (unpaired) electrons. The average Bonchev–Trinajstić information content (AvgIpc) is 3.49. The quantitative estimate of drug-likeness (QED) is 0.746. The van der Waals surface area contributed by atoms with E-state index in [9.17, 15) is 4.79 Å². The smallest absolute Gasteiger partial charge is 0.222 e. The van der Waals surface area contributed by atoms with Crippen molar-refractivity contribution in [2.24, 2.45) is 0 Å². The Morgan fingerprint density at radius 2 is 1.89 bits per heavy atom.